The van der Waals surface area contributed by atoms with E-state index in [-0.39, 0.29) is 10.8 Å². The lowest BCUT2D eigenvalue weighted by molar-refractivity contribution is 0.154. The van der Waals surface area contributed by atoms with E-state index in [0.717, 1.165) is 12.8 Å². The van der Waals surface area contributed by atoms with Gasteiger partial charge in [-0.05, 0) is 70.1 Å². The number of hydrogen-bond donors (Lipinski definition) is 1. The van der Waals surface area contributed by atoms with Gasteiger partial charge in [-0.2, -0.15) is 0 Å². The summed E-state index contributed by atoms with van der Waals surface area (Å²) >= 11 is 0. The number of hydrogen-bond acceptors (Lipinski definition) is 1. The largest absolute Gasteiger partial charge is 0.508 e. The van der Waals surface area contributed by atoms with Crippen LogP contribution in [0.5, 0.6) is 5.75 Å². The smallest absolute Gasteiger partial charge is 0.115 e. The molecule has 0 bridgehead atoms. The van der Waals surface area contributed by atoms with E-state index >= 15 is 0 Å². The normalized spacial score (nSPS) is 17.5. The standard InChI is InChI=1S/C29H32O/c1-28(2)18-23(19-29(3,4)20-28)27(22-14-16-24(30)17-15-22)26-13-9-8-12-25(26)21-10-6-5-7-11-21/h5-17,30H,18-20H2,1-4H3. The Balaban J connectivity index is 1.98. The summed E-state index contributed by atoms with van der Waals surface area (Å²) in [6.07, 6.45) is 3.41. The Morgan fingerprint density at radius 2 is 1.27 bits per heavy atom. The maximum Gasteiger partial charge on any atom is 0.115 e. The molecule has 1 N–H and O–H groups in total. The van der Waals surface area contributed by atoms with E-state index < -0.39 is 0 Å². The zero-order valence-corrected chi connectivity index (χ0v) is 18.6. The fourth-order valence-electron chi connectivity index (χ4n) is 5.56. The van der Waals surface area contributed by atoms with Gasteiger partial charge in [0.05, 0.1) is 0 Å². The summed E-state index contributed by atoms with van der Waals surface area (Å²) in [4.78, 5) is 0. The van der Waals surface area contributed by atoms with Crippen molar-refractivity contribution in [3.05, 3.63) is 95.6 Å². The summed E-state index contributed by atoms with van der Waals surface area (Å²) in [6.45, 7) is 9.58. The molecule has 1 aliphatic rings. The lowest BCUT2D eigenvalue weighted by Gasteiger charge is -2.43. The van der Waals surface area contributed by atoms with Crippen LogP contribution in [0.3, 0.4) is 0 Å². The van der Waals surface area contributed by atoms with E-state index in [1.165, 1.54) is 39.8 Å². The topological polar surface area (TPSA) is 20.2 Å². The van der Waals surface area contributed by atoms with E-state index in [9.17, 15) is 5.11 Å². The maximum atomic E-state index is 9.90. The molecule has 0 aromatic heterocycles. The van der Waals surface area contributed by atoms with Crippen molar-refractivity contribution in [3.8, 4) is 16.9 Å². The number of phenols is 1. The van der Waals surface area contributed by atoms with Crippen molar-refractivity contribution >= 4 is 5.57 Å². The van der Waals surface area contributed by atoms with Crippen molar-refractivity contribution in [2.24, 2.45) is 10.8 Å². The molecule has 0 amide bonds. The summed E-state index contributed by atoms with van der Waals surface area (Å²) in [5.41, 5.74) is 8.33. The second-order valence-electron chi connectivity index (χ2n) is 10.3. The highest BCUT2D eigenvalue weighted by Gasteiger charge is 2.37. The number of phenolic OH excluding ortho intramolecular Hbond substituents is 1. The van der Waals surface area contributed by atoms with E-state index in [1.54, 1.807) is 12.1 Å². The fraction of sp³-hybridized carbons (Fsp3) is 0.310. The molecular formula is C29H32O. The van der Waals surface area contributed by atoms with Gasteiger partial charge in [-0.3, -0.25) is 0 Å². The van der Waals surface area contributed by atoms with Crippen molar-refractivity contribution in [2.45, 2.75) is 47.0 Å². The van der Waals surface area contributed by atoms with Crippen LogP contribution in [0.1, 0.15) is 58.1 Å². The predicted molar refractivity (Wildman–Crippen MR) is 127 cm³/mol. The number of aromatic hydroxyl groups is 1. The SMILES string of the molecule is CC1(C)CC(=C(c2ccc(O)cc2)c2ccccc2-c2ccccc2)CC(C)(C)C1. The van der Waals surface area contributed by atoms with E-state index in [1.807, 2.05) is 0 Å². The zero-order valence-electron chi connectivity index (χ0n) is 18.6. The quantitative estimate of drug-likeness (QED) is 0.474. The monoisotopic (exact) mass is 396 g/mol. The molecule has 1 nitrogen and oxygen atoms in total. The summed E-state index contributed by atoms with van der Waals surface area (Å²) < 4.78 is 0. The second kappa shape index (κ2) is 7.80. The first-order valence-electron chi connectivity index (χ1n) is 10.9. The van der Waals surface area contributed by atoms with Gasteiger partial charge >= 0.3 is 0 Å². The van der Waals surface area contributed by atoms with Crippen LogP contribution in [0.2, 0.25) is 0 Å². The van der Waals surface area contributed by atoms with Crippen LogP contribution in [0.25, 0.3) is 16.7 Å². The van der Waals surface area contributed by atoms with Gasteiger partial charge in [0, 0.05) is 0 Å². The summed E-state index contributed by atoms with van der Waals surface area (Å²) in [5.74, 6) is 0.309. The molecule has 0 spiro atoms. The van der Waals surface area contributed by atoms with Gasteiger partial charge in [-0.1, -0.05) is 100.0 Å². The first-order valence-corrected chi connectivity index (χ1v) is 10.9. The van der Waals surface area contributed by atoms with E-state index in [2.05, 4.69) is 94.4 Å². The molecule has 3 aromatic rings. The van der Waals surface area contributed by atoms with Crippen LogP contribution in [-0.4, -0.2) is 5.11 Å². The molecule has 1 aliphatic carbocycles. The second-order valence-corrected chi connectivity index (χ2v) is 10.3. The summed E-state index contributed by atoms with van der Waals surface area (Å²) in [5, 5.41) is 9.90. The predicted octanol–water partition coefficient (Wildman–Crippen LogP) is 8.10. The van der Waals surface area contributed by atoms with Gasteiger partial charge < -0.3 is 5.11 Å². The Hall–Kier alpha value is -2.80. The van der Waals surface area contributed by atoms with Crippen molar-refractivity contribution in [2.75, 3.05) is 0 Å². The summed E-state index contributed by atoms with van der Waals surface area (Å²) in [6, 6.07) is 27.1. The number of benzene rings is 3. The average Bonchev–Trinajstić information content (AvgIpc) is 2.68. The molecule has 30 heavy (non-hydrogen) atoms. The van der Waals surface area contributed by atoms with Gasteiger partial charge in [0.2, 0.25) is 0 Å². The van der Waals surface area contributed by atoms with Gasteiger partial charge in [-0.15, -0.1) is 0 Å². The maximum absolute atomic E-state index is 9.90. The van der Waals surface area contributed by atoms with Crippen LogP contribution < -0.4 is 0 Å². The Morgan fingerprint density at radius 3 is 1.90 bits per heavy atom. The molecule has 1 fully saturated rings. The third-order valence-corrected chi connectivity index (χ3v) is 6.13. The Bertz CT molecular complexity index is 1040. The van der Waals surface area contributed by atoms with Crippen LogP contribution in [0.15, 0.2) is 84.4 Å². The molecule has 0 radical (unpaired) electrons. The van der Waals surface area contributed by atoms with Crippen molar-refractivity contribution in [3.63, 3.8) is 0 Å². The zero-order chi connectivity index (χ0) is 21.4. The minimum absolute atomic E-state index is 0.265. The highest BCUT2D eigenvalue weighted by atomic mass is 16.3. The van der Waals surface area contributed by atoms with Crippen LogP contribution >= 0.6 is 0 Å². The molecule has 4 rings (SSSR count). The molecule has 1 heteroatoms. The lowest BCUT2D eigenvalue weighted by atomic mass is 9.62. The Kier molecular flexibility index (Phi) is 5.32. The van der Waals surface area contributed by atoms with Crippen molar-refractivity contribution in [1.82, 2.24) is 0 Å². The molecule has 0 unspecified atom stereocenters. The highest BCUT2D eigenvalue weighted by Crippen LogP contribution is 2.51. The van der Waals surface area contributed by atoms with E-state index in [4.69, 9.17) is 0 Å². The van der Waals surface area contributed by atoms with Gasteiger partial charge in [-0.25, -0.2) is 0 Å². The third-order valence-electron chi connectivity index (χ3n) is 6.13. The van der Waals surface area contributed by atoms with Crippen LogP contribution in [0, 0.1) is 10.8 Å². The first-order chi connectivity index (χ1) is 14.2. The van der Waals surface area contributed by atoms with Gasteiger partial charge in [0.15, 0.2) is 0 Å². The number of allylic oxidation sites excluding steroid dienone is 1. The minimum Gasteiger partial charge on any atom is -0.508 e. The minimum atomic E-state index is 0.265. The third kappa shape index (κ3) is 4.36. The lowest BCUT2D eigenvalue weighted by Crippen LogP contribution is -2.30. The molecule has 0 saturated heterocycles. The Morgan fingerprint density at radius 1 is 0.700 bits per heavy atom. The molecular weight excluding hydrogens is 364 g/mol. The molecule has 3 aromatic carbocycles. The molecule has 0 aliphatic heterocycles. The fourth-order valence-corrected chi connectivity index (χ4v) is 5.56. The first kappa shape index (κ1) is 20.5. The van der Waals surface area contributed by atoms with Gasteiger partial charge in [0.1, 0.15) is 5.75 Å². The van der Waals surface area contributed by atoms with E-state index in [0.29, 0.717) is 5.75 Å². The Labute approximate surface area is 181 Å². The van der Waals surface area contributed by atoms with Crippen LogP contribution in [0.4, 0.5) is 0 Å². The summed E-state index contributed by atoms with van der Waals surface area (Å²) in [7, 11) is 0. The molecule has 0 heterocycles. The van der Waals surface area contributed by atoms with Crippen LogP contribution in [-0.2, 0) is 0 Å². The highest BCUT2D eigenvalue weighted by molar-refractivity contribution is 5.90. The number of rotatable bonds is 3. The molecule has 0 atom stereocenters. The average molecular weight is 397 g/mol. The van der Waals surface area contributed by atoms with Gasteiger partial charge in [0.25, 0.3) is 0 Å². The molecule has 1 saturated carbocycles. The van der Waals surface area contributed by atoms with Crippen molar-refractivity contribution < 1.29 is 5.11 Å². The molecule has 154 valence electrons. The van der Waals surface area contributed by atoms with Crippen molar-refractivity contribution in [1.29, 1.82) is 0 Å².